The van der Waals surface area contributed by atoms with Crippen LogP contribution in [0.15, 0.2) is 18.2 Å². The van der Waals surface area contributed by atoms with Gasteiger partial charge >= 0.3 is 0 Å². The van der Waals surface area contributed by atoms with Gasteiger partial charge in [-0.05, 0) is 36.1 Å². The van der Waals surface area contributed by atoms with Crippen molar-refractivity contribution >= 4 is 11.6 Å². The number of halogens is 2. The fourth-order valence-corrected chi connectivity index (χ4v) is 2.03. The second-order valence-electron chi connectivity index (χ2n) is 4.23. The highest BCUT2D eigenvalue weighted by Crippen LogP contribution is 2.19. The third-order valence-corrected chi connectivity index (χ3v) is 2.78. The van der Waals surface area contributed by atoms with Crippen molar-refractivity contribution in [2.45, 2.75) is 39.5 Å². The summed E-state index contributed by atoms with van der Waals surface area (Å²) in [6.45, 7) is 4.39. The summed E-state index contributed by atoms with van der Waals surface area (Å²) < 4.78 is 13.0. The summed E-state index contributed by atoms with van der Waals surface area (Å²) in [6.07, 6.45) is 4.57. The number of hydrogen-bond donors (Lipinski definition) is 0. The molecule has 0 bridgehead atoms. The molecule has 0 N–H and O–H groups in total. The molecule has 0 aliphatic rings. The van der Waals surface area contributed by atoms with Gasteiger partial charge in [-0.2, -0.15) is 0 Å². The summed E-state index contributed by atoms with van der Waals surface area (Å²) in [5, 5.41) is 0.493. The van der Waals surface area contributed by atoms with Gasteiger partial charge in [-0.15, -0.1) is 0 Å². The van der Waals surface area contributed by atoms with Gasteiger partial charge in [0.05, 0.1) is 0 Å². The number of benzene rings is 1. The molecule has 1 atom stereocenters. The van der Waals surface area contributed by atoms with E-state index in [1.165, 1.54) is 25.3 Å². The molecule has 0 aliphatic carbocycles. The first-order valence-electron chi connectivity index (χ1n) is 5.56. The monoisotopic (exact) mass is 228 g/mol. The van der Waals surface area contributed by atoms with Crippen LogP contribution in [0.5, 0.6) is 0 Å². The largest absolute Gasteiger partial charge is 0.207 e. The Balaban J connectivity index is 2.56. The maximum atomic E-state index is 13.0. The quantitative estimate of drug-likeness (QED) is 0.676. The van der Waals surface area contributed by atoms with Crippen LogP contribution < -0.4 is 0 Å². The van der Waals surface area contributed by atoms with E-state index in [1.807, 2.05) is 6.07 Å². The Morgan fingerprint density at radius 1 is 1.33 bits per heavy atom. The highest BCUT2D eigenvalue weighted by molar-refractivity contribution is 6.30. The molecule has 15 heavy (non-hydrogen) atoms. The maximum Gasteiger partial charge on any atom is 0.124 e. The zero-order valence-corrected chi connectivity index (χ0v) is 10.1. The Kier molecular flexibility index (Phi) is 5.10. The fourth-order valence-electron chi connectivity index (χ4n) is 1.79. The van der Waals surface area contributed by atoms with Crippen molar-refractivity contribution in [3.63, 3.8) is 0 Å². The first kappa shape index (κ1) is 12.5. The minimum atomic E-state index is -0.236. The molecule has 0 nitrogen and oxygen atoms in total. The second kappa shape index (κ2) is 6.12. The van der Waals surface area contributed by atoms with E-state index in [0.29, 0.717) is 10.9 Å². The van der Waals surface area contributed by atoms with E-state index in [9.17, 15) is 4.39 Å². The highest BCUT2D eigenvalue weighted by Gasteiger charge is 2.05. The van der Waals surface area contributed by atoms with Crippen molar-refractivity contribution < 1.29 is 4.39 Å². The molecule has 0 saturated carbocycles. The Morgan fingerprint density at radius 2 is 2.07 bits per heavy atom. The van der Waals surface area contributed by atoms with E-state index in [4.69, 9.17) is 11.6 Å². The Morgan fingerprint density at radius 3 is 2.67 bits per heavy atom. The minimum Gasteiger partial charge on any atom is -0.207 e. The van der Waals surface area contributed by atoms with E-state index in [0.717, 1.165) is 12.0 Å². The molecule has 1 unspecified atom stereocenters. The first-order chi connectivity index (χ1) is 7.11. The van der Waals surface area contributed by atoms with E-state index in [-0.39, 0.29) is 5.82 Å². The average molecular weight is 229 g/mol. The van der Waals surface area contributed by atoms with Crippen LogP contribution in [0.25, 0.3) is 0 Å². The van der Waals surface area contributed by atoms with Crippen LogP contribution >= 0.6 is 11.6 Å². The van der Waals surface area contributed by atoms with Gasteiger partial charge in [-0.25, -0.2) is 4.39 Å². The zero-order valence-electron chi connectivity index (χ0n) is 9.39. The van der Waals surface area contributed by atoms with Crippen LogP contribution in [0, 0.1) is 11.7 Å². The second-order valence-corrected chi connectivity index (χ2v) is 4.67. The SMILES string of the molecule is CCCCC(C)Cc1cc(F)cc(Cl)c1. The van der Waals surface area contributed by atoms with Crippen molar-refractivity contribution in [1.29, 1.82) is 0 Å². The normalized spacial score (nSPS) is 12.8. The van der Waals surface area contributed by atoms with Crippen molar-refractivity contribution in [3.05, 3.63) is 34.6 Å². The summed E-state index contributed by atoms with van der Waals surface area (Å²) >= 11 is 5.80. The van der Waals surface area contributed by atoms with Gasteiger partial charge in [0.15, 0.2) is 0 Å². The van der Waals surface area contributed by atoms with Crippen molar-refractivity contribution in [2.24, 2.45) is 5.92 Å². The highest BCUT2D eigenvalue weighted by atomic mass is 35.5. The number of hydrogen-bond acceptors (Lipinski definition) is 0. The molecule has 2 heteroatoms. The Labute approximate surface area is 96.5 Å². The van der Waals surface area contributed by atoms with Gasteiger partial charge in [0.2, 0.25) is 0 Å². The van der Waals surface area contributed by atoms with Crippen LogP contribution in [-0.4, -0.2) is 0 Å². The van der Waals surface area contributed by atoms with Gasteiger partial charge in [0, 0.05) is 5.02 Å². The maximum absolute atomic E-state index is 13.0. The van der Waals surface area contributed by atoms with Crippen LogP contribution in [0.2, 0.25) is 5.02 Å². The summed E-state index contributed by atoms with van der Waals surface area (Å²) in [6, 6.07) is 4.78. The molecular formula is C13H18ClF. The molecule has 84 valence electrons. The predicted octanol–water partition coefficient (Wildman–Crippen LogP) is 4.85. The summed E-state index contributed by atoms with van der Waals surface area (Å²) in [7, 11) is 0. The Hall–Kier alpha value is -0.560. The van der Waals surface area contributed by atoms with E-state index in [2.05, 4.69) is 13.8 Å². The van der Waals surface area contributed by atoms with Gasteiger partial charge < -0.3 is 0 Å². The lowest BCUT2D eigenvalue weighted by molar-refractivity contribution is 0.502. The van der Waals surface area contributed by atoms with Crippen molar-refractivity contribution in [1.82, 2.24) is 0 Å². The van der Waals surface area contributed by atoms with Gasteiger partial charge in [-0.1, -0.05) is 44.7 Å². The van der Waals surface area contributed by atoms with Crippen molar-refractivity contribution in [2.75, 3.05) is 0 Å². The van der Waals surface area contributed by atoms with Gasteiger partial charge in [-0.3, -0.25) is 0 Å². The van der Waals surface area contributed by atoms with Gasteiger partial charge in [0.1, 0.15) is 5.82 Å². The van der Waals surface area contributed by atoms with Crippen LogP contribution in [-0.2, 0) is 6.42 Å². The third kappa shape index (κ3) is 4.65. The standard InChI is InChI=1S/C13H18ClF/c1-3-4-5-10(2)6-11-7-12(14)9-13(15)8-11/h7-10H,3-6H2,1-2H3. The predicted molar refractivity (Wildman–Crippen MR) is 63.8 cm³/mol. The molecule has 0 aliphatic heterocycles. The van der Waals surface area contributed by atoms with Crippen LogP contribution in [0.4, 0.5) is 4.39 Å². The molecule has 0 amide bonds. The lowest BCUT2D eigenvalue weighted by Crippen LogP contribution is -2.00. The lowest BCUT2D eigenvalue weighted by Gasteiger charge is -2.10. The third-order valence-electron chi connectivity index (χ3n) is 2.56. The first-order valence-corrected chi connectivity index (χ1v) is 5.94. The molecule has 1 aromatic rings. The molecular weight excluding hydrogens is 211 g/mol. The minimum absolute atomic E-state index is 0.236. The molecule has 1 aromatic carbocycles. The van der Waals surface area contributed by atoms with Crippen molar-refractivity contribution in [3.8, 4) is 0 Å². The molecule has 0 spiro atoms. The summed E-state index contributed by atoms with van der Waals surface area (Å²) in [5.74, 6) is 0.364. The molecule has 0 radical (unpaired) electrons. The Bertz CT molecular complexity index is 289. The van der Waals surface area contributed by atoms with E-state index in [1.54, 1.807) is 6.07 Å². The number of rotatable bonds is 5. The lowest BCUT2D eigenvalue weighted by atomic mass is 9.96. The fraction of sp³-hybridized carbons (Fsp3) is 0.538. The van der Waals surface area contributed by atoms with Crippen LogP contribution in [0.1, 0.15) is 38.7 Å². The molecule has 0 heterocycles. The van der Waals surface area contributed by atoms with Gasteiger partial charge in [0.25, 0.3) is 0 Å². The van der Waals surface area contributed by atoms with E-state index < -0.39 is 0 Å². The zero-order chi connectivity index (χ0) is 11.3. The molecule has 0 aromatic heterocycles. The van der Waals surface area contributed by atoms with E-state index >= 15 is 0 Å². The smallest absolute Gasteiger partial charge is 0.124 e. The number of unbranched alkanes of at least 4 members (excludes halogenated alkanes) is 1. The molecule has 1 rings (SSSR count). The molecule has 0 fully saturated rings. The summed E-state index contributed by atoms with van der Waals surface area (Å²) in [5.41, 5.74) is 1.00. The average Bonchev–Trinajstić information content (AvgIpc) is 2.13. The topological polar surface area (TPSA) is 0 Å². The summed E-state index contributed by atoms with van der Waals surface area (Å²) in [4.78, 5) is 0. The van der Waals surface area contributed by atoms with Crippen LogP contribution in [0.3, 0.4) is 0 Å². The molecule has 0 saturated heterocycles.